The fourth-order valence-electron chi connectivity index (χ4n) is 1.55. The highest BCUT2D eigenvalue weighted by atomic mass is 32.1. The fourth-order valence-corrected chi connectivity index (χ4v) is 2.13. The number of nitrogens with one attached hydrogen (secondary N) is 1. The van der Waals surface area contributed by atoms with E-state index < -0.39 is 23.9 Å². The molecule has 0 unspecified atom stereocenters. The van der Waals surface area contributed by atoms with Crippen LogP contribution in [0, 0.1) is 6.92 Å². The monoisotopic (exact) mass is 312 g/mol. The second-order valence-electron chi connectivity index (χ2n) is 4.31. The van der Waals surface area contributed by atoms with Gasteiger partial charge < -0.3 is 15.5 Å². The maximum absolute atomic E-state index is 11.6. The molecule has 21 heavy (non-hydrogen) atoms. The van der Waals surface area contributed by atoms with Crippen molar-refractivity contribution in [3.8, 4) is 0 Å². The van der Waals surface area contributed by atoms with Crippen LogP contribution in [0.5, 0.6) is 0 Å². The molecule has 0 aliphatic carbocycles. The largest absolute Gasteiger partial charge is 0.481 e. The van der Waals surface area contributed by atoms with E-state index in [0.29, 0.717) is 5.69 Å². The molecule has 1 rings (SSSR count). The van der Waals surface area contributed by atoms with Crippen LogP contribution in [-0.4, -0.2) is 39.1 Å². The molecule has 7 nitrogen and oxygen atoms in total. The van der Waals surface area contributed by atoms with Crippen LogP contribution in [0.4, 0.5) is 0 Å². The van der Waals surface area contributed by atoms with E-state index in [1.54, 1.807) is 5.38 Å². The molecule has 1 amide bonds. The van der Waals surface area contributed by atoms with Gasteiger partial charge in [-0.15, -0.1) is 11.3 Å². The van der Waals surface area contributed by atoms with Gasteiger partial charge in [-0.05, 0) is 25.8 Å². The predicted octanol–water partition coefficient (Wildman–Crippen LogP) is 1.29. The standard InChI is InChI=1S/C13H16N2O5S/c1-8-14-9(7-21-8)5-6-11(16)15-10(13(19)20)3-2-4-12(17)18/h5-7,10H,2-4H2,1H3,(H,15,16)(H,17,18)(H,19,20)/b6-5+/t10-/m1/s1. The van der Waals surface area contributed by atoms with Crippen LogP contribution in [0.3, 0.4) is 0 Å². The molecule has 0 bridgehead atoms. The van der Waals surface area contributed by atoms with Crippen molar-refractivity contribution in [3.05, 3.63) is 22.2 Å². The number of aromatic nitrogens is 1. The van der Waals surface area contributed by atoms with Gasteiger partial charge in [0.05, 0.1) is 10.7 Å². The third kappa shape index (κ3) is 6.66. The summed E-state index contributed by atoms with van der Waals surface area (Å²) in [4.78, 5) is 37.1. The SMILES string of the molecule is Cc1nc(/C=C/C(=O)N[C@H](CCCC(=O)O)C(=O)O)cs1. The van der Waals surface area contributed by atoms with Gasteiger partial charge in [0.25, 0.3) is 0 Å². The smallest absolute Gasteiger partial charge is 0.326 e. The van der Waals surface area contributed by atoms with Gasteiger partial charge in [-0.3, -0.25) is 9.59 Å². The minimum atomic E-state index is -1.19. The number of hydrogen-bond acceptors (Lipinski definition) is 5. The van der Waals surface area contributed by atoms with Crippen molar-refractivity contribution in [2.24, 2.45) is 0 Å². The summed E-state index contributed by atoms with van der Waals surface area (Å²) in [5.41, 5.74) is 0.630. The zero-order chi connectivity index (χ0) is 15.8. The highest BCUT2D eigenvalue weighted by molar-refractivity contribution is 7.09. The Labute approximate surface area is 125 Å². The Hall–Kier alpha value is -2.22. The second kappa shape index (κ2) is 8.15. The lowest BCUT2D eigenvalue weighted by atomic mass is 10.1. The van der Waals surface area contributed by atoms with E-state index in [9.17, 15) is 14.4 Å². The first-order valence-electron chi connectivity index (χ1n) is 6.24. The molecule has 1 aromatic rings. The Morgan fingerprint density at radius 3 is 2.67 bits per heavy atom. The number of aryl methyl sites for hydroxylation is 1. The number of carbonyl (C=O) groups excluding carboxylic acids is 1. The Bertz CT molecular complexity index is 553. The number of carboxylic acid groups (broad SMARTS) is 2. The van der Waals surface area contributed by atoms with Gasteiger partial charge in [-0.1, -0.05) is 0 Å². The normalized spacial score (nSPS) is 12.2. The minimum Gasteiger partial charge on any atom is -0.481 e. The number of thiazole rings is 1. The minimum absolute atomic E-state index is 0.0665. The number of carboxylic acids is 2. The van der Waals surface area contributed by atoms with Gasteiger partial charge in [-0.2, -0.15) is 0 Å². The molecule has 1 heterocycles. The van der Waals surface area contributed by atoms with E-state index >= 15 is 0 Å². The molecule has 114 valence electrons. The molecular weight excluding hydrogens is 296 g/mol. The van der Waals surface area contributed by atoms with E-state index in [-0.39, 0.29) is 19.3 Å². The Morgan fingerprint density at radius 2 is 2.14 bits per heavy atom. The molecule has 1 atom stereocenters. The maximum atomic E-state index is 11.6. The van der Waals surface area contributed by atoms with Crippen LogP contribution in [0.25, 0.3) is 6.08 Å². The molecule has 0 saturated heterocycles. The first-order chi connectivity index (χ1) is 9.88. The Kier molecular flexibility index (Phi) is 6.54. The summed E-state index contributed by atoms with van der Waals surface area (Å²) in [5.74, 6) is -2.74. The van der Waals surface area contributed by atoms with Gasteiger partial charge in [0.1, 0.15) is 6.04 Å². The Balaban J connectivity index is 2.50. The summed E-state index contributed by atoms with van der Waals surface area (Å²) in [5, 5.41) is 22.5. The average molecular weight is 312 g/mol. The third-order valence-corrected chi connectivity index (χ3v) is 3.33. The lowest BCUT2D eigenvalue weighted by Gasteiger charge is -2.12. The number of amides is 1. The van der Waals surface area contributed by atoms with Gasteiger partial charge in [-0.25, -0.2) is 9.78 Å². The fraction of sp³-hybridized carbons (Fsp3) is 0.385. The lowest BCUT2D eigenvalue weighted by Crippen LogP contribution is -2.40. The summed E-state index contributed by atoms with van der Waals surface area (Å²) < 4.78 is 0. The van der Waals surface area contributed by atoms with E-state index in [0.717, 1.165) is 5.01 Å². The van der Waals surface area contributed by atoms with Crippen LogP contribution in [0.15, 0.2) is 11.5 Å². The summed E-state index contributed by atoms with van der Waals surface area (Å²) in [6.45, 7) is 1.84. The molecule has 0 radical (unpaired) electrons. The van der Waals surface area contributed by atoms with E-state index in [1.807, 2.05) is 6.92 Å². The molecule has 0 saturated carbocycles. The van der Waals surface area contributed by atoms with Gasteiger partial charge >= 0.3 is 11.9 Å². The van der Waals surface area contributed by atoms with Crippen molar-refractivity contribution in [3.63, 3.8) is 0 Å². The molecule has 3 N–H and O–H groups in total. The molecule has 8 heteroatoms. The topological polar surface area (TPSA) is 117 Å². The van der Waals surface area contributed by atoms with E-state index in [4.69, 9.17) is 10.2 Å². The number of aliphatic carboxylic acids is 2. The van der Waals surface area contributed by atoms with E-state index in [2.05, 4.69) is 10.3 Å². The van der Waals surface area contributed by atoms with E-state index in [1.165, 1.54) is 23.5 Å². The van der Waals surface area contributed by atoms with Crippen molar-refractivity contribution in [2.45, 2.75) is 32.2 Å². The van der Waals surface area contributed by atoms with Crippen LogP contribution in [0.1, 0.15) is 30.0 Å². The molecular formula is C13H16N2O5S. The molecule has 1 aromatic heterocycles. The lowest BCUT2D eigenvalue weighted by molar-refractivity contribution is -0.142. The van der Waals surface area contributed by atoms with Crippen LogP contribution in [-0.2, 0) is 14.4 Å². The molecule has 0 aliphatic heterocycles. The van der Waals surface area contributed by atoms with Crippen LogP contribution < -0.4 is 5.32 Å². The average Bonchev–Trinajstić information content (AvgIpc) is 2.80. The first-order valence-corrected chi connectivity index (χ1v) is 7.11. The summed E-state index contributed by atoms with van der Waals surface area (Å²) in [6.07, 6.45) is 2.82. The quantitative estimate of drug-likeness (QED) is 0.623. The highest BCUT2D eigenvalue weighted by Gasteiger charge is 2.18. The molecule has 0 spiro atoms. The zero-order valence-corrected chi connectivity index (χ0v) is 12.2. The van der Waals surface area contributed by atoms with Gasteiger partial charge in [0.15, 0.2) is 0 Å². The van der Waals surface area contributed by atoms with Gasteiger partial charge in [0, 0.05) is 17.9 Å². The maximum Gasteiger partial charge on any atom is 0.326 e. The van der Waals surface area contributed by atoms with Crippen molar-refractivity contribution >= 4 is 35.3 Å². The zero-order valence-electron chi connectivity index (χ0n) is 11.4. The Morgan fingerprint density at radius 1 is 1.43 bits per heavy atom. The summed E-state index contributed by atoms with van der Waals surface area (Å²) in [7, 11) is 0. The number of carbonyl (C=O) groups is 3. The number of hydrogen-bond donors (Lipinski definition) is 3. The van der Waals surface area contributed by atoms with Crippen molar-refractivity contribution in [2.75, 3.05) is 0 Å². The molecule has 0 fully saturated rings. The predicted molar refractivity (Wildman–Crippen MR) is 76.9 cm³/mol. The third-order valence-electron chi connectivity index (χ3n) is 2.54. The van der Waals surface area contributed by atoms with Crippen LogP contribution >= 0.6 is 11.3 Å². The van der Waals surface area contributed by atoms with Crippen LogP contribution in [0.2, 0.25) is 0 Å². The number of nitrogens with zero attached hydrogens (tertiary/aromatic N) is 1. The summed E-state index contributed by atoms with van der Waals surface area (Å²) in [6, 6.07) is -1.10. The first kappa shape index (κ1) is 16.8. The second-order valence-corrected chi connectivity index (χ2v) is 5.37. The summed E-state index contributed by atoms with van der Waals surface area (Å²) >= 11 is 1.44. The number of rotatable bonds is 8. The van der Waals surface area contributed by atoms with Crippen molar-refractivity contribution in [1.29, 1.82) is 0 Å². The van der Waals surface area contributed by atoms with Crippen molar-refractivity contribution in [1.82, 2.24) is 10.3 Å². The van der Waals surface area contributed by atoms with Crippen molar-refractivity contribution < 1.29 is 24.6 Å². The molecule has 0 aromatic carbocycles. The highest BCUT2D eigenvalue weighted by Crippen LogP contribution is 2.09. The van der Waals surface area contributed by atoms with Gasteiger partial charge in [0.2, 0.25) is 5.91 Å². The molecule has 0 aliphatic rings.